The molecule has 0 amide bonds. The van der Waals surface area contributed by atoms with Crippen molar-refractivity contribution in [3.63, 3.8) is 0 Å². The molecule has 2 heteroatoms. The lowest BCUT2D eigenvalue weighted by molar-refractivity contribution is 0.776. The van der Waals surface area contributed by atoms with E-state index in [1.54, 1.807) is 0 Å². The van der Waals surface area contributed by atoms with Gasteiger partial charge < -0.3 is 11.5 Å². The zero-order valence-corrected chi connectivity index (χ0v) is 19.7. The Kier molecular flexibility index (Phi) is 7.14. The summed E-state index contributed by atoms with van der Waals surface area (Å²) in [5.41, 5.74) is 21.4. The molecule has 0 aliphatic rings. The van der Waals surface area contributed by atoms with Gasteiger partial charge in [-0.25, -0.2) is 0 Å². The minimum absolute atomic E-state index is 0.401. The van der Waals surface area contributed by atoms with Gasteiger partial charge in [-0.1, -0.05) is 86.6 Å². The van der Waals surface area contributed by atoms with Gasteiger partial charge >= 0.3 is 0 Å². The Balaban J connectivity index is 1.45. The topological polar surface area (TPSA) is 52.0 Å². The second-order valence-electron chi connectivity index (χ2n) is 8.91. The molecule has 0 saturated carbocycles. The zero-order valence-electron chi connectivity index (χ0n) is 19.7. The van der Waals surface area contributed by atoms with E-state index in [-0.39, 0.29) is 0 Å². The van der Waals surface area contributed by atoms with E-state index in [9.17, 15) is 0 Å². The number of benzene rings is 4. The minimum atomic E-state index is 0.401. The third kappa shape index (κ3) is 5.46. The zero-order chi connectivity index (χ0) is 23.2. The summed E-state index contributed by atoms with van der Waals surface area (Å²) in [6.07, 6.45) is 3.08. The van der Waals surface area contributed by atoms with Crippen molar-refractivity contribution in [2.24, 2.45) is 0 Å². The van der Waals surface area contributed by atoms with Gasteiger partial charge in [-0.05, 0) is 76.9 Å². The number of rotatable bonds is 8. The normalized spacial score (nSPS) is 12.9. The predicted octanol–water partition coefficient (Wildman–Crippen LogP) is 7.53. The van der Waals surface area contributed by atoms with E-state index in [0.717, 1.165) is 30.6 Å². The van der Waals surface area contributed by atoms with Gasteiger partial charge in [0.2, 0.25) is 0 Å². The van der Waals surface area contributed by atoms with E-state index >= 15 is 0 Å². The van der Waals surface area contributed by atoms with Crippen molar-refractivity contribution in [2.45, 2.75) is 44.9 Å². The van der Waals surface area contributed by atoms with Gasteiger partial charge in [-0.15, -0.1) is 0 Å². The van der Waals surface area contributed by atoms with Crippen LogP contribution < -0.4 is 11.5 Å². The molecule has 0 spiro atoms. The maximum absolute atomic E-state index is 5.86. The average Bonchev–Trinajstić information content (AvgIpc) is 2.84. The lowest BCUT2D eigenvalue weighted by atomic mass is 9.87. The first-order valence-electron chi connectivity index (χ1n) is 12.0. The van der Waals surface area contributed by atoms with E-state index in [1.807, 2.05) is 24.3 Å². The van der Waals surface area contributed by atoms with Crippen LogP contribution in [-0.2, 0) is 6.42 Å². The van der Waals surface area contributed by atoms with Gasteiger partial charge in [0, 0.05) is 23.2 Å². The SMILES string of the molecule is CCC(c1ccc(N)cc1)c1ccc(Cc2ccc(C(CC)c3ccc(N)cc3)cc2)cc1. The van der Waals surface area contributed by atoms with Gasteiger partial charge in [-0.2, -0.15) is 0 Å². The lowest BCUT2D eigenvalue weighted by Crippen LogP contribution is -2.01. The Morgan fingerprint density at radius 2 is 0.727 bits per heavy atom. The van der Waals surface area contributed by atoms with Crippen molar-refractivity contribution in [3.05, 3.63) is 130 Å². The van der Waals surface area contributed by atoms with Gasteiger partial charge in [-0.3, -0.25) is 0 Å². The quantitative estimate of drug-likeness (QED) is 0.282. The van der Waals surface area contributed by atoms with Crippen LogP contribution in [0.5, 0.6) is 0 Å². The number of hydrogen-bond acceptors (Lipinski definition) is 2. The van der Waals surface area contributed by atoms with Gasteiger partial charge in [0.15, 0.2) is 0 Å². The van der Waals surface area contributed by atoms with Crippen molar-refractivity contribution in [3.8, 4) is 0 Å². The summed E-state index contributed by atoms with van der Waals surface area (Å²) >= 11 is 0. The lowest BCUT2D eigenvalue weighted by Gasteiger charge is -2.17. The molecule has 0 aliphatic carbocycles. The number of nitrogens with two attached hydrogens (primary N) is 2. The highest BCUT2D eigenvalue weighted by atomic mass is 14.5. The summed E-state index contributed by atoms with van der Waals surface area (Å²) in [7, 11) is 0. The molecule has 0 bridgehead atoms. The first-order chi connectivity index (χ1) is 16.1. The number of anilines is 2. The Morgan fingerprint density at radius 3 is 1.00 bits per heavy atom. The summed E-state index contributed by atoms with van der Waals surface area (Å²) < 4.78 is 0. The fraction of sp³-hybridized carbons (Fsp3) is 0.226. The van der Waals surface area contributed by atoms with E-state index < -0.39 is 0 Å². The van der Waals surface area contributed by atoms with Crippen molar-refractivity contribution in [1.82, 2.24) is 0 Å². The highest BCUT2D eigenvalue weighted by Gasteiger charge is 2.13. The van der Waals surface area contributed by atoms with Crippen molar-refractivity contribution in [2.75, 3.05) is 11.5 Å². The molecular formula is C31H34N2. The van der Waals surface area contributed by atoms with Crippen LogP contribution in [-0.4, -0.2) is 0 Å². The van der Waals surface area contributed by atoms with Crippen molar-refractivity contribution >= 4 is 11.4 Å². The molecule has 2 nitrogen and oxygen atoms in total. The molecule has 2 atom stereocenters. The van der Waals surface area contributed by atoms with Crippen LogP contribution in [0.3, 0.4) is 0 Å². The van der Waals surface area contributed by atoms with Crippen LogP contribution in [0.25, 0.3) is 0 Å². The molecule has 33 heavy (non-hydrogen) atoms. The maximum Gasteiger partial charge on any atom is 0.0314 e. The molecule has 0 fully saturated rings. The molecule has 168 valence electrons. The third-order valence-electron chi connectivity index (χ3n) is 6.67. The van der Waals surface area contributed by atoms with Crippen LogP contribution in [0.2, 0.25) is 0 Å². The van der Waals surface area contributed by atoms with Gasteiger partial charge in [0.05, 0.1) is 0 Å². The second-order valence-corrected chi connectivity index (χ2v) is 8.91. The molecule has 4 rings (SSSR count). The molecule has 4 N–H and O–H groups in total. The fourth-order valence-corrected chi connectivity index (χ4v) is 4.76. The van der Waals surface area contributed by atoms with E-state index in [0.29, 0.717) is 11.8 Å². The molecular weight excluding hydrogens is 400 g/mol. The number of hydrogen-bond donors (Lipinski definition) is 2. The maximum atomic E-state index is 5.86. The summed E-state index contributed by atoms with van der Waals surface area (Å²) in [5, 5.41) is 0. The molecule has 0 heterocycles. The standard InChI is InChI=1S/C31H34N2/c1-3-30(26-13-17-28(32)18-14-26)24-9-5-22(6-10-24)21-23-7-11-25(12-8-23)31(4-2)27-15-19-29(33)20-16-27/h5-20,30-31H,3-4,21,32-33H2,1-2H3. The Labute approximate surface area is 198 Å². The van der Waals surface area contributed by atoms with Crippen LogP contribution in [0.4, 0.5) is 11.4 Å². The van der Waals surface area contributed by atoms with Crippen LogP contribution >= 0.6 is 0 Å². The molecule has 0 aliphatic heterocycles. The molecule has 2 unspecified atom stereocenters. The molecule has 4 aromatic rings. The fourth-order valence-electron chi connectivity index (χ4n) is 4.76. The number of nitrogen functional groups attached to an aromatic ring is 2. The van der Waals surface area contributed by atoms with Crippen LogP contribution in [0.1, 0.15) is 71.9 Å². The Morgan fingerprint density at radius 1 is 0.455 bits per heavy atom. The van der Waals surface area contributed by atoms with E-state index in [1.165, 1.54) is 33.4 Å². The van der Waals surface area contributed by atoms with Crippen LogP contribution in [0.15, 0.2) is 97.1 Å². The summed E-state index contributed by atoms with van der Waals surface area (Å²) in [5.74, 6) is 0.802. The molecule has 0 aromatic heterocycles. The minimum Gasteiger partial charge on any atom is -0.399 e. The van der Waals surface area contributed by atoms with E-state index in [4.69, 9.17) is 11.5 Å². The average molecular weight is 435 g/mol. The van der Waals surface area contributed by atoms with E-state index in [2.05, 4.69) is 86.6 Å². The monoisotopic (exact) mass is 434 g/mol. The van der Waals surface area contributed by atoms with Crippen LogP contribution in [0, 0.1) is 0 Å². The molecule has 4 aromatic carbocycles. The highest BCUT2D eigenvalue weighted by molar-refractivity contribution is 5.44. The summed E-state index contributed by atoms with van der Waals surface area (Å²) in [6.45, 7) is 4.48. The van der Waals surface area contributed by atoms with Gasteiger partial charge in [0.25, 0.3) is 0 Å². The molecule has 0 saturated heterocycles. The second kappa shape index (κ2) is 10.4. The van der Waals surface area contributed by atoms with Crippen molar-refractivity contribution in [1.29, 1.82) is 0 Å². The highest BCUT2D eigenvalue weighted by Crippen LogP contribution is 2.30. The predicted molar refractivity (Wildman–Crippen MR) is 142 cm³/mol. The summed E-state index contributed by atoms with van der Waals surface area (Å²) in [6, 6.07) is 34.8. The van der Waals surface area contributed by atoms with Gasteiger partial charge in [0.1, 0.15) is 0 Å². The first kappa shape index (κ1) is 22.7. The van der Waals surface area contributed by atoms with Crippen molar-refractivity contribution < 1.29 is 0 Å². The largest absolute Gasteiger partial charge is 0.399 e. The Bertz CT molecular complexity index is 1050. The summed E-state index contributed by atoms with van der Waals surface area (Å²) in [4.78, 5) is 0. The molecule has 0 radical (unpaired) electrons. The smallest absolute Gasteiger partial charge is 0.0314 e. The Hall–Kier alpha value is -3.52. The third-order valence-corrected chi connectivity index (χ3v) is 6.67. The first-order valence-corrected chi connectivity index (χ1v) is 12.0.